The molecule has 2 rings (SSSR count). The first-order valence-corrected chi connectivity index (χ1v) is 8.10. The largest absolute Gasteiger partial charge is 0.310 e. The topological polar surface area (TPSA) is 29.1 Å². The van der Waals surface area contributed by atoms with Gasteiger partial charge in [-0.1, -0.05) is 0 Å². The summed E-state index contributed by atoms with van der Waals surface area (Å²) < 4.78 is 11.2. The summed E-state index contributed by atoms with van der Waals surface area (Å²) in [5.41, 5.74) is 1.43. The first kappa shape index (κ1) is 12.3. The van der Waals surface area contributed by atoms with E-state index in [1.54, 1.807) is 0 Å². The van der Waals surface area contributed by atoms with Gasteiger partial charge in [0.25, 0.3) is 0 Å². The van der Waals surface area contributed by atoms with Crippen LogP contribution in [0.5, 0.6) is 0 Å². The zero-order chi connectivity index (χ0) is 11.5. The molecule has 0 aromatic carbocycles. The summed E-state index contributed by atoms with van der Waals surface area (Å²) >= 11 is 1.87. The van der Waals surface area contributed by atoms with Gasteiger partial charge >= 0.3 is 0 Å². The zero-order valence-corrected chi connectivity index (χ0v) is 11.5. The summed E-state index contributed by atoms with van der Waals surface area (Å²) in [6.45, 7) is 5.31. The van der Waals surface area contributed by atoms with Gasteiger partial charge in [0.1, 0.15) is 0 Å². The van der Waals surface area contributed by atoms with Gasteiger partial charge in [0.15, 0.2) is 0 Å². The Morgan fingerprint density at radius 3 is 2.69 bits per heavy atom. The summed E-state index contributed by atoms with van der Waals surface area (Å²) in [7, 11) is -0.547. The second-order valence-electron chi connectivity index (χ2n) is 4.44. The van der Waals surface area contributed by atoms with Gasteiger partial charge in [-0.25, -0.2) is 0 Å². The van der Waals surface area contributed by atoms with E-state index in [0.717, 1.165) is 30.9 Å². The molecule has 0 aliphatic carbocycles. The molecular weight excluding hydrogens is 238 g/mol. The van der Waals surface area contributed by atoms with Crippen molar-refractivity contribution in [2.24, 2.45) is 0 Å². The first-order valence-electron chi connectivity index (χ1n) is 5.79. The molecule has 2 heterocycles. The highest BCUT2D eigenvalue weighted by atomic mass is 32.2. The van der Waals surface area contributed by atoms with Gasteiger partial charge in [0, 0.05) is 44.6 Å². The lowest BCUT2D eigenvalue weighted by Crippen LogP contribution is -2.35. The molecule has 1 aliphatic heterocycles. The van der Waals surface area contributed by atoms with Crippen molar-refractivity contribution in [3.63, 3.8) is 0 Å². The van der Waals surface area contributed by atoms with Crippen LogP contribution >= 0.6 is 11.3 Å². The predicted octanol–water partition coefficient (Wildman–Crippen LogP) is 2.37. The van der Waals surface area contributed by atoms with Crippen molar-refractivity contribution in [1.29, 1.82) is 0 Å². The average molecular weight is 257 g/mol. The minimum Gasteiger partial charge on any atom is -0.310 e. The monoisotopic (exact) mass is 257 g/mol. The van der Waals surface area contributed by atoms with Crippen LogP contribution in [0.4, 0.5) is 0 Å². The highest BCUT2D eigenvalue weighted by Gasteiger charge is 2.17. The second kappa shape index (κ2) is 5.43. The van der Waals surface area contributed by atoms with E-state index in [0.29, 0.717) is 6.04 Å². The Labute approximate surface area is 104 Å². The summed E-state index contributed by atoms with van der Waals surface area (Å²) in [4.78, 5) is 2.81. The van der Waals surface area contributed by atoms with Gasteiger partial charge in [0.05, 0.1) is 0 Å². The number of rotatable bonds is 3. The predicted molar refractivity (Wildman–Crippen MR) is 71.5 cm³/mol. The molecule has 1 aliphatic rings. The Morgan fingerprint density at radius 1 is 1.44 bits per heavy atom. The van der Waals surface area contributed by atoms with Crippen LogP contribution in [0.25, 0.3) is 0 Å². The molecule has 0 radical (unpaired) electrons. The van der Waals surface area contributed by atoms with Crippen LogP contribution in [0.1, 0.15) is 28.2 Å². The lowest BCUT2D eigenvalue weighted by molar-refractivity contribution is 0.475. The van der Waals surface area contributed by atoms with Crippen molar-refractivity contribution < 1.29 is 4.21 Å². The molecule has 0 spiro atoms. The van der Waals surface area contributed by atoms with Gasteiger partial charge in [-0.3, -0.25) is 4.21 Å². The molecule has 1 saturated heterocycles. The summed E-state index contributed by atoms with van der Waals surface area (Å²) in [5, 5.41) is 3.58. The Balaban J connectivity index is 1.83. The highest BCUT2D eigenvalue weighted by molar-refractivity contribution is 7.85. The van der Waals surface area contributed by atoms with E-state index in [-0.39, 0.29) is 0 Å². The molecule has 1 N–H and O–H groups in total. The number of thiophene rings is 1. The third-order valence-corrected chi connectivity index (χ3v) is 5.50. The number of hydrogen-bond acceptors (Lipinski definition) is 3. The van der Waals surface area contributed by atoms with E-state index in [1.807, 2.05) is 11.3 Å². The summed E-state index contributed by atoms with van der Waals surface area (Å²) in [5.74, 6) is 1.75. The normalized spacial score (nSPS) is 25.9. The molecule has 0 bridgehead atoms. The van der Waals surface area contributed by atoms with Gasteiger partial charge in [-0.05, 0) is 38.3 Å². The summed E-state index contributed by atoms with van der Waals surface area (Å²) in [6, 6.07) is 2.84. The number of nitrogens with one attached hydrogen (secondary N) is 1. The molecule has 0 amide bonds. The minimum absolute atomic E-state index is 0.547. The van der Waals surface area contributed by atoms with Crippen LogP contribution in [0.2, 0.25) is 0 Å². The van der Waals surface area contributed by atoms with Crippen molar-refractivity contribution in [1.82, 2.24) is 5.32 Å². The molecule has 90 valence electrons. The molecule has 1 aromatic heterocycles. The fourth-order valence-electron chi connectivity index (χ4n) is 2.11. The molecule has 0 unspecified atom stereocenters. The smallest absolute Gasteiger partial charge is 0.0249 e. The van der Waals surface area contributed by atoms with E-state index in [1.165, 1.54) is 15.3 Å². The third kappa shape index (κ3) is 3.15. The first-order chi connectivity index (χ1) is 7.65. The van der Waals surface area contributed by atoms with Gasteiger partial charge in [-0.2, -0.15) is 0 Å². The van der Waals surface area contributed by atoms with E-state index >= 15 is 0 Å². The van der Waals surface area contributed by atoms with E-state index in [2.05, 4.69) is 25.2 Å². The van der Waals surface area contributed by atoms with Gasteiger partial charge < -0.3 is 5.32 Å². The van der Waals surface area contributed by atoms with Crippen LogP contribution in [-0.2, 0) is 17.3 Å². The van der Waals surface area contributed by atoms with Gasteiger partial charge in [0.2, 0.25) is 0 Å². The lowest BCUT2D eigenvalue weighted by atomic mass is 10.1. The van der Waals surface area contributed by atoms with Crippen LogP contribution in [0, 0.1) is 13.8 Å². The van der Waals surface area contributed by atoms with Crippen molar-refractivity contribution in [2.75, 3.05) is 11.5 Å². The maximum Gasteiger partial charge on any atom is 0.0249 e. The molecule has 4 heteroatoms. The molecular formula is C12H19NOS2. The van der Waals surface area contributed by atoms with Crippen LogP contribution in [-0.4, -0.2) is 21.8 Å². The molecule has 0 saturated carbocycles. The Bertz CT molecular complexity index is 376. The summed E-state index contributed by atoms with van der Waals surface area (Å²) in [6.07, 6.45) is 2.13. The Morgan fingerprint density at radius 2 is 2.12 bits per heavy atom. The van der Waals surface area contributed by atoms with Crippen LogP contribution in [0.3, 0.4) is 0 Å². The quantitative estimate of drug-likeness (QED) is 0.900. The maximum atomic E-state index is 11.2. The maximum absolute atomic E-state index is 11.2. The molecule has 0 atom stereocenters. The van der Waals surface area contributed by atoms with Crippen molar-refractivity contribution in [2.45, 2.75) is 39.3 Å². The Hall–Kier alpha value is -0.190. The van der Waals surface area contributed by atoms with Crippen molar-refractivity contribution in [3.05, 3.63) is 21.4 Å². The molecule has 2 nitrogen and oxygen atoms in total. The third-order valence-electron chi connectivity index (χ3n) is 3.11. The van der Waals surface area contributed by atoms with Crippen LogP contribution < -0.4 is 5.32 Å². The molecule has 1 fully saturated rings. The molecule has 16 heavy (non-hydrogen) atoms. The van der Waals surface area contributed by atoms with E-state index in [4.69, 9.17) is 0 Å². The number of hydrogen-bond donors (Lipinski definition) is 1. The minimum atomic E-state index is -0.547. The van der Waals surface area contributed by atoms with E-state index < -0.39 is 10.8 Å². The molecule has 1 aromatic rings. The van der Waals surface area contributed by atoms with Crippen LogP contribution in [0.15, 0.2) is 6.07 Å². The fraction of sp³-hybridized carbons (Fsp3) is 0.667. The SMILES string of the molecule is Cc1cc(CNC2CCS(=O)CC2)c(C)s1. The second-order valence-corrected chi connectivity index (χ2v) is 7.60. The van der Waals surface area contributed by atoms with Crippen molar-refractivity contribution >= 4 is 22.1 Å². The van der Waals surface area contributed by atoms with Crippen molar-refractivity contribution in [3.8, 4) is 0 Å². The Kier molecular flexibility index (Phi) is 4.16. The zero-order valence-electron chi connectivity index (χ0n) is 9.91. The number of aryl methyl sites for hydroxylation is 2. The van der Waals surface area contributed by atoms with Gasteiger partial charge in [-0.15, -0.1) is 11.3 Å². The van der Waals surface area contributed by atoms with E-state index in [9.17, 15) is 4.21 Å². The standard InChI is InChI=1S/C12H19NOS2/c1-9-7-11(10(2)15-9)8-13-12-3-5-16(14)6-4-12/h7,12-13H,3-6,8H2,1-2H3. The fourth-order valence-corrected chi connectivity index (χ4v) is 4.36. The highest BCUT2D eigenvalue weighted by Crippen LogP contribution is 2.21. The average Bonchev–Trinajstić information content (AvgIpc) is 2.57. The lowest BCUT2D eigenvalue weighted by Gasteiger charge is -2.22.